The Balaban J connectivity index is 1.45. The topological polar surface area (TPSA) is 85.8 Å². The minimum atomic E-state index is -0.291. The van der Waals surface area contributed by atoms with E-state index in [0.29, 0.717) is 11.1 Å². The van der Waals surface area contributed by atoms with Crippen molar-refractivity contribution in [3.8, 4) is 11.1 Å². The second-order valence-electron chi connectivity index (χ2n) is 6.50. The lowest BCUT2D eigenvalue weighted by atomic mass is 10.1. The average Bonchev–Trinajstić information content (AvgIpc) is 3.35. The van der Waals surface area contributed by atoms with Crippen molar-refractivity contribution in [2.24, 2.45) is 7.05 Å². The summed E-state index contributed by atoms with van der Waals surface area (Å²) in [7, 11) is 1.88. The number of nitrogens with one attached hydrogen (secondary N) is 1. The number of nitrogens with zero attached hydrogens (tertiary/aromatic N) is 4. The Kier molecular flexibility index (Phi) is 3.65. The summed E-state index contributed by atoms with van der Waals surface area (Å²) in [5.41, 5.74) is 3.89. The van der Waals surface area contributed by atoms with Gasteiger partial charge in [-0.2, -0.15) is 5.10 Å². The largest absolute Gasteiger partial charge is 0.464 e. The van der Waals surface area contributed by atoms with Gasteiger partial charge in [0.25, 0.3) is 5.91 Å². The minimum absolute atomic E-state index is 0.250. The number of benzene rings is 2. The first-order valence-corrected chi connectivity index (χ1v) is 8.70. The van der Waals surface area contributed by atoms with Gasteiger partial charge in [-0.15, -0.1) is 0 Å². The molecule has 28 heavy (non-hydrogen) atoms. The van der Waals surface area contributed by atoms with E-state index >= 15 is 0 Å². The summed E-state index contributed by atoms with van der Waals surface area (Å²) in [5.74, 6) is -0.0403. The van der Waals surface area contributed by atoms with Crippen LogP contribution in [0.4, 0.5) is 5.95 Å². The summed E-state index contributed by atoms with van der Waals surface area (Å²) in [6.45, 7) is 0. The molecular weight excluding hydrogens is 354 g/mol. The number of amides is 1. The van der Waals surface area contributed by atoms with E-state index in [1.165, 1.54) is 0 Å². The summed E-state index contributed by atoms with van der Waals surface area (Å²) in [5, 5.41) is 8.79. The van der Waals surface area contributed by atoms with Gasteiger partial charge < -0.3 is 4.42 Å². The van der Waals surface area contributed by atoms with Crippen LogP contribution in [-0.2, 0) is 7.05 Å². The standard InChI is InChI=1S/C21H15N5O2/c1-26-12-17(11-23-26)14-3-5-16-10-22-21(24-18(16)8-14)25-20(27)15-4-2-13-6-7-28-19(13)9-15/h2-12H,1H3,(H,22,24,25,27). The van der Waals surface area contributed by atoms with Crippen LogP contribution in [-0.4, -0.2) is 25.7 Å². The molecule has 0 atom stereocenters. The zero-order valence-electron chi connectivity index (χ0n) is 15.0. The summed E-state index contributed by atoms with van der Waals surface area (Å²) in [4.78, 5) is 21.3. The van der Waals surface area contributed by atoms with Crippen LogP contribution < -0.4 is 5.32 Å². The lowest BCUT2D eigenvalue weighted by molar-refractivity contribution is 0.102. The molecule has 0 saturated carbocycles. The number of aromatic nitrogens is 4. The van der Waals surface area contributed by atoms with Crippen molar-refractivity contribution in [1.82, 2.24) is 19.7 Å². The van der Waals surface area contributed by atoms with Gasteiger partial charge in [-0.1, -0.05) is 18.2 Å². The molecule has 0 fully saturated rings. The van der Waals surface area contributed by atoms with Crippen LogP contribution in [0, 0.1) is 0 Å². The summed E-state index contributed by atoms with van der Waals surface area (Å²) in [6.07, 6.45) is 7.03. The first-order chi connectivity index (χ1) is 13.7. The molecule has 3 heterocycles. The molecular formula is C21H15N5O2. The zero-order chi connectivity index (χ0) is 19.1. The van der Waals surface area contributed by atoms with E-state index < -0.39 is 0 Å². The second-order valence-corrected chi connectivity index (χ2v) is 6.50. The van der Waals surface area contributed by atoms with Gasteiger partial charge in [0.05, 0.1) is 18.0 Å². The van der Waals surface area contributed by atoms with Gasteiger partial charge in [0.2, 0.25) is 5.95 Å². The molecule has 0 aliphatic rings. The lowest BCUT2D eigenvalue weighted by Crippen LogP contribution is -2.14. The highest BCUT2D eigenvalue weighted by Gasteiger charge is 2.11. The van der Waals surface area contributed by atoms with Crippen molar-refractivity contribution < 1.29 is 9.21 Å². The molecule has 3 aromatic heterocycles. The molecule has 7 heteroatoms. The van der Waals surface area contributed by atoms with E-state index in [2.05, 4.69) is 20.4 Å². The Morgan fingerprint density at radius 3 is 2.79 bits per heavy atom. The van der Waals surface area contributed by atoms with Crippen LogP contribution in [0.3, 0.4) is 0 Å². The lowest BCUT2D eigenvalue weighted by Gasteiger charge is -2.06. The Morgan fingerprint density at radius 2 is 1.93 bits per heavy atom. The maximum atomic E-state index is 12.6. The molecule has 7 nitrogen and oxygen atoms in total. The van der Waals surface area contributed by atoms with Gasteiger partial charge in [0.1, 0.15) is 5.58 Å². The van der Waals surface area contributed by atoms with Gasteiger partial charge in [0, 0.05) is 41.3 Å². The maximum Gasteiger partial charge on any atom is 0.258 e. The molecule has 0 radical (unpaired) electrons. The number of carbonyl (C=O) groups excluding carboxylic acids is 1. The first kappa shape index (κ1) is 16.2. The van der Waals surface area contributed by atoms with Gasteiger partial charge >= 0.3 is 0 Å². The van der Waals surface area contributed by atoms with Crippen molar-refractivity contribution in [3.05, 3.63) is 72.9 Å². The van der Waals surface area contributed by atoms with Crippen LogP contribution in [0.15, 0.2) is 71.7 Å². The van der Waals surface area contributed by atoms with Crippen LogP contribution >= 0.6 is 0 Å². The van der Waals surface area contributed by atoms with Crippen LogP contribution in [0.25, 0.3) is 33.0 Å². The number of furan rings is 1. The number of fused-ring (bicyclic) bond motifs is 2. The van der Waals surface area contributed by atoms with Gasteiger partial charge in [0.15, 0.2) is 0 Å². The highest BCUT2D eigenvalue weighted by atomic mass is 16.3. The molecule has 1 N–H and O–H groups in total. The Morgan fingerprint density at radius 1 is 1.04 bits per heavy atom. The highest BCUT2D eigenvalue weighted by Crippen LogP contribution is 2.23. The average molecular weight is 369 g/mol. The second kappa shape index (κ2) is 6.31. The fourth-order valence-corrected chi connectivity index (χ4v) is 3.10. The van der Waals surface area contributed by atoms with Crippen molar-refractivity contribution in [2.75, 3.05) is 5.32 Å². The van der Waals surface area contributed by atoms with Crippen molar-refractivity contribution in [1.29, 1.82) is 0 Å². The monoisotopic (exact) mass is 369 g/mol. The third-order valence-electron chi connectivity index (χ3n) is 4.56. The number of hydrogen-bond donors (Lipinski definition) is 1. The van der Waals surface area contributed by atoms with Gasteiger partial charge in [-0.05, 0) is 29.8 Å². The van der Waals surface area contributed by atoms with Gasteiger partial charge in [-0.25, -0.2) is 9.97 Å². The summed E-state index contributed by atoms with van der Waals surface area (Å²) < 4.78 is 7.11. The number of hydrogen-bond acceptors (Lipinski definition) is 5. The van der Waals surface area contributed by atoms with E-state index in [1.807, 2.05) is 43.6 Å². The maximum absolute atomic E-state index is 12.6. The van der Waals surface area contributed by atoms with Crippen LogP contribution in [0.5, 0.6) is 0 Å². The molecule has 5 aromatic rings. The summed E-state index contributed by atoms with van der Waals surface area (Å²) >= 11 is 0. The van der Waals surface area contributed by atoms with E-state index in [1.54, 1.807) is 35.5 Å². The Labute approximate surface area is 159 Å². The molecule has 0 bridgehead atoms. The van der Waals surface area contributed by atoms with E-state index in [9.17, 15) is 4.79 Å². The van der Waals surface area contributed by atoms with Crippen LogP contribution in [0.2, 0.25) is 0 Å². The number of carbonyl (C=O) groups is 1. The minimum Gasteiger partial charge on any atom is -0.464 e. The molecule has 136 valence electrons. The zero-order valence-corrected chi connectivity index (χ0v) is 15.0. The number of anilines is 1. The number of aryl methyl sites for hydroxylation is 1. The highest BCUT2D eigenvalue weighted by molar-refractivity contribution is 6.05. The van der Waals surface area contributed by atoms with Gasteiger partial charge in [-0.3, -0.25) is 14.8 Å². The smallest absolute Gasteiger partial charge is 0.258 e. The molecule has 1 amide bonds. The van der Waals surface area contributed by atoms with E-state index in [4.69, 9.17) is 4.42 Å². The number of rotatable bonds is 3. The molecule has 2 aromatic carbocycles. The fraction of sp³-hybridized carbons (Fsp3) is 0.0476. The normalized spacial score (nSPS) is 11.2. The first-order valence-electron chi connectivity index (χ1n) is 8.70. The molecule has 0 aliphatic heterocycles. The van der Waals surface area contributed by atoms with Crippen molar-refractivity contribution in [2.45, 2.75) is 0 Å². The van der Waals surface area contributed by atoms with E-state index in [-0.39, 0.29) is 11.9 Å². The third-order valence-corrected chi connectivity index (χ3v) is 4.56. The third kappa shape index (κ3) is 2.88. The molecule has 0 aliphatic carbocycles. The van der Waals surface area contributed by atoms with Crippen LogP contribution in [0.1, 0.15) is 10.4 Å². The predicted molar refractivity (Wildman–Crippen MR) is 106 cm³/mol. The molecule has 5 rings (SSSR count). The molecule has 0 saturated heterocycles. The Hall–Kier alpha value is -4.00. The predicted octanol–water partition coefficient (Wildman–Crippen LogP) is 4.03. The van der Waals surface area contributed by atoms with Crippen molar-refractivity contribution in [3.63, 3.8) is 0 Å². The SMILES string of the molecule is Cn1cc(-c2ccc3cnc(NC(=O)c4ccc5ccoc5c4)nc3c2)cn1. The molecule has 0 unspecified atom stereocenters. The fourth-order valence-electron chi connectivity index (χ4n) is 3.10. The quantitative estimate of drug-likeness (QED) is 0.519. The molecule has 0 spiro atoms. The summed E-state index contributed by atoms with van der Waals surface area (Å²) in [6, 6.07) is 13.0. The van der Waals surface area contributed by atoms with E-state index in [0.717, 1.165) is 27.4 Å². The Bertz CT molecular complexity index is 1340. The van der Waals surface area contributed by atoms with Crippen molar-refractivity contribution >= 4 is 33.7 Å².